The second kappa shape index (κ2) is 7.81. The van der Waals surface area contributed by atoms with E-state index in [0.717, 1.165) is 27.8 Å². The van der Waals surface area contributed by atoms with Gasteiger partial charge >= 0.3 is 0 Å². The summed E-state index contributed by atoms with van der Waals surface area (Å²) in [5.41, 5.74) is 9.88. The molecule has 4 rings (SSSR count). The monoisotopic (exact) mass is 389 g/mol. The van der Waals surface area contributed by atoms with Gasteiger partial charge in [0, 0.05) is 43.4 Å². The number of carbonyl (C=O) groups excluding carboxylic acids is 1. The largest absolute Gasteiger partial charge is 0.330 e. The summed E-state index contributed by atoms with van der Waals surface area (Å²) in [4.78, 5) is 20.7. The topological polar surface area (TPSA) is 85.8 Å². The van der Waals surface area contributed by atoms with Gasteiger partial charge in [-0.15, -0.1) is 0 Å². The van der Waals surface area contributed by atoms with E-state index in [4.69, 9.17) is 5.73 Å². The van der Waals surface area contributed by atoms with Crippen molar-refractivity contribution in [3.63, 3.8) is 0 Å². The fourth-order valence-electron chi connectivity index (χ4n) is 3.46. The molecule has 3 N–H and O–H groups in total. The molecule has 4 aromatic rings. The molecule has 1 amide bonds. The van der Waals surface area contributed by atoms with Crippen LogP contribution in [0.2, 0.25) is 0 Å². The fourth-order valence-corrected chi connectivity index (χ4v) is 3.46. The van der Waals surface area contributed by atoms with Crippen molar-refractivity contribution in [1.82, 2.24) is 14.5 Å². The average Bonchev–Trinajstić information content (AvgIpc) is 3.01. The van der Waals surface area contributed by atoms with Crippen LogP contribution in [0.3, 0.4) is 0 Å². The van der Waals surface area contributed by atoms with E-state index in [1.165, 1.54) is 12.1 Å². The Morgan fingerprint density at radius 1 is 1.07 bits per heavy atom. The van der Waals surface area contributed by atoms with E-state index in [-0.39, 0.29) is 24.7 Å². The molecular weight excluding hydrogens is 369 g/mol. The molecule has 6 nitrogen and oxygen atoms in total. The van der Waals surface area contributed by atoms with E-state index < -0.39 is 0 Å². The number of nitrogens with one attached hydrogen (secondary N) is 1. The highest BCUT2D eigenvalue weighted by atomic mass is 19.1. The molecule has 0 aliphatic rings. The van der Waals surface area contributed by atoms with Crippen LogP contribution in [-0.4, -0.2) is 27.0 Å². The molecule has 0 saturated carbocycles. The number of benzene rings is 1. The number of pyridine rings is 2. The third-order valence-electron chi connectivity index (χ3n) is 4.76. The summed E-state index contributed by atoms with van der Waals surface area (Å²) in [5.74, 6) is -0.00818. The summed E-state index contributed by atoms with van der Waals surface area (Å²) >= 11 is 0. The lowest BCUT2D eigenvalue weighted by Crippen LogP contribution is -2.16. The summed E-state index contributed by atoms with van der Waals surface area (Å²) < 4.78 is 15.4. The number of fused-ring (bicyclic) bond motifs is 1. The summed E-state index contributed by atoms with van der Waals surface area (Å²) in [7, 11) is 1.91. The Morgan fingerprint density at radius 2 is 1.79 bits per heavy atom. The van der Waals surface area contributed by atoms with Crippen molar-refractivity contribution in [3.05, 3.63) is 66.7 Å². The van der Waals surface area contributed by atoms with Gasteiger partial charge in [0.2, 0.25) is 5.91 Å². The molecule has 29 heavy (non-hydrogen) atoms. The number of hydrogen-bond donors (Lipinski definition) is 2. The van der Waals surface area contributed by atoms with E-state index in [2.05, 4.69) is 15.3 Å². The van der Waals surface area contributed by atoms with Crippen molar-refractivity contribution >= 4 is 22.8 Å². The lowest BCUT2D eigenvalue weighted by Gasteiger charge is -2.08. The van der Waals surface area contributed by atoms with Gasteiger partial charge in [-0.2, -0.15) is 0 Å². The maximum absolute atomic E-state index is 13.5. The van der Waals surface area contributed by atoms with E-state index >= 15 is 0 Å². The highest BCUT2D eigenvalue weighted by molar-refractivity contribution is 6.04. The van der Waals surface area contributed by atoms with Crippen LogP contribution in [0.1, 0.15) is 6.42 Å². The number of rotatable bonds is 5. The predicted molar refractivity (Wildman–Crippen MR) is 112 cm³/mol. The van der Waals surface area contributed by atoms with Crippen LogP contribution in [0.15, 0.2) is 60.9 Å². The molecule has 0 fully saturated rings. The van der Waals surface area contributed by atoms with E-state index in [9.17, 15) is 9.18 Å². The Kier molecular flexibility index (Phi) is 5.05. The van der Waals surface area contributed by atoms with Gasteiger partial charge in [-0.3, -0.25) is 9.78 Å². The van der Waals surface area contributed by atoms with Crippen LogP contribution in [0.4, 0.5) is 10.2 Å². The third-order valence-corrected chi connectivity index (χ3v) is 4.76. The minimum absolute atomic E-state index is 0.179. The standard InChI is InChI=1S/C22H20FN5O/c1-28-21(15-2-4-16(23)5-3-15)20(14-9-12-25-13-10-14)17-6-7-18(27-22(17)28)26-19(29)8-11-24/h2-7,9-10,12-13H,8,11,24H2,1H3,(H,26,27,29). The number of nitrogens with zero attached hydrogens (tertiary/aromatic N) is 3. The Balaban J connectivity index is 1.93. The number of amides is 1. The fraction of sp³-hybridized carbons (Fsp3) is 0.136. The number of nitrogens with two attached hydrogens (primary N) is 1. The molecule has 3 aromatic heterocycles. The van der Waals surface area contributed by atoms with Gasteiger partial charge in [-0.25, -0.2) is 9.37 Å². The summed E-state index contributed by atoms with van der Waals surface area (Å²) in [6.07, 6.45) is 3.70. The Hall–Kier alpha value is -3.58. The molecule has 0 bridgehead atoms. The molecule has 0 aliphatic heterocycles. The molecular formula is C22H20FN5O. The molecule has 1 aromatic carbocycles. The Bertz CT molecular complexity index is 1170. The molecule has 0 unspecified atom stereocenters. The zero-order chi connectivity index (χ0) is 20.4. The van der Waals surface area contributed by atoms with Crippen molar-refractivity contribution in [3.8, 4) is 22.4 Å². The molecule has 0 saturated heterocycles. The van der Waals surface area contributed by atoms with Crippen molar-refractivity contribution in [1.29, 1.82) is 0 Å². The van der Waals surface area contributed by atoms with Crippen LogP contribution >= 0.6 is 0 Å². The minimum Gasteiger partial charge on any atom is -0.330 e. The van der Waals surface area contributed by atoms with Crippen molar-refractivity contribution < 1.29 is 9.18 Å². The van der Waals surface area contributed by atoms with Crippen LogP contribution in [0.5, 0.6) is 0 Å². The van der Waals surface area contributed by atoms with Crippen molar-refractivity contribution in [2.45, 2.75) is 6.42 Å². The van der Waals surface area contributed by atoms with E-state index in [0.29, 0.717) is 11.5 Å². The number of halogens is 1. The Labute approximate surface area is 167 Å². The lowest BCUT2D eigenvalue weighted by molar-refractivity contribution is -0.116. The van der Waals surface area contributed by atoms with Crippen LogP contribution in [0.25, 0.3) is 33.4 Å². The zero-order valence-corrected chi connectivity index (χ0v) is 15.9. The molecule has 3 heterocycles. The first-order chi connectivity index (χ1) is 14.1. The Morgan fingerprint density at radius 3 is 2.48 bits per heavy atom. The number of aryl methyl sites for hydroxylation is 1. The maximum atomic E-state index is 13.5. The molecule has 0 spiro atoms. The SMILES string of the molecule is Cn1c(-c2ccc(F)cc2)c(-c2ccncc2)c2ccc(NC(=O)CCN)nc21. The normalized spacial score (nSPS) is 11.0. The highest BCUT2D eigenvalue weighted by Gasteiger charge is 2.20. The van der Waals surface area contributed by atoms with Gasteiger partial charge in [0.1, 0.15) is 17.3 Å². The number of hydrogen-bond acceptors (Lipinski definition) is 4. The van der Waals surface area contributed by atoms with E-state index in [1.807, 2.05) is 29.8 Å². The van der Waals surface area contributed by atoms with Gasteiger partial charge in [0.05, 0.1) is 5.69 Å². The third kappa shape index (κ3) is 3.60. The zero-order valence-electron chi connectivity index (χ0n) is 15.9. The molecule has 0 radical (unpaired) electrons. The summed E-state index contributed by atoms with van der Waals surface area (Å²) in [6, 6.07) is 13.9. The van der Waals surface area contributed by atoms with Crippen molar-refractivity contribution in [2.75, 3.05) is 11.9 Å². The van der Waals surface area contributed by atoms with Gasteiger partial charge < -0.3 is 15.6 Å². The quantitative estimate of drug-likeness (QED) is 0.545. The molecule has 0 atom stereocenters. The summed E-state index contributed by atoms with van der Waals surface area (Å²) in [5, 5.41) is 3.70. The molecule has 7 heteroatoms. The minimum atomic E-state index is -0.291. The van der Waals surface area contributed by atoms with Crippen LogP contribution in [-0.2, 0) is 11.8 Å². The predicted octanol–water partition coefficient (Wildman–Crippen LogP) is 3.73. The number of anilines is 1. The maximum Gasteiger partial charge on any atom is 0.226 e. The first kappa shape index (κ1) is 18.8. The average molecular weight is 389 g/mol. The smallest absolute Gasteiger partial charge is 0.226 e. The molecule has 146 valence electrons. The summed E-state index contributed by atoms with van der Waals surface area (Å²) in [6.45, 7) is 0.277. The van der Waals surface area contributed by atoms with Crippen LogP contribution < -0.4 is 11.1 Å². The van der Waals surface area contributed by atoms with Gasteiger partial charge in [-0.1, -0.05) is 0 Å². The van der Waals surface area contributed by atoms with Crippen LogP contribution in [0, 0.1) is 5.82 Å². The van der Waals surface area contributed by atoms with Gasteiger partial charge in [0.15, 0.2) is 0 Å². The second-order valence-corrected chi connectivity index (χ2v) is 6.68. The number of carbonyl (C=O) groups is 1. The molecule has 0 aliphatic carbocycles. The van der Waals surface area contributed by atoms with Gasteiger partial charge in [0.25, 0.3) is 0 Å². The second-order valence-electron chi connectivity index (χ2n) is 6.68. The lowest BCUT2D eigenvalue weighted by atomic mass is 9.99. The highest BCUT2D eigenvalue weighted by Crippen LogP contribution is 2.40. The van der Waals surface area contributed by atoms with Crippen molar-refractivity contribution in [2.24, 2.45) is 12.8 Å². The van der Waals surface area contributed by atoms with E-state index in [1.54, 1.807) is 30.6 Å². The first-order valence-corrected chi connectivity index (χ1v) is 9.24. The van der Waals surface area contributed by atoms with Gasteiger partial charge in [-0.05, 0) is 59.7 Å². The first-order valence-electron chi connectivity index (χ1n) is 9.24. The number of aromatic nitrogens is 3.